The smallest absolute Gasteiger partial charge is 0.310 e. The standard InChI is InChI=1S/C34H42N4O5S/c1-9-26-28(17-35)32(44-20-24-14-12-23(13-15-24)11-10-22(4)39)37-31(30(26)36-8)38-18-25(19-38)42-33(41)27(21(2)3)16-29(40)43-34(5,6)7/h12-15,21,25,27H,9-11,16,18-20H2,1-7H3/t27-/m0/s1. The molecule has 0 radical (unpaired) electrons. The lowest BCUT2D eigenvalue weighted by Gasteiger charge is -2.41. The van der Waals surface area contributed by atoms with E-state index in [9.17, 15) is 19.6 Å². The Hall–Kier alpha value is -3.89. The van der Waals surface area contributed by atoms with Gasteiger partial charge in [-0.25, -0.2) is 9.83 Å². The minimum absolute atomic E-state index is 0.0508. The first-order valence-corrected chi connectivity index (χ1v) is 16.0. The zero-order valence-corrected chi connectivity index (χ0v) is 27.5. The van der Waals surface area contributed by atoms with Gasteiger partial charge in [-0.1, -0.05) is 45.0 Å². The first-order valence-electron chi connectivity index (χ1n) is 15.0. The molecule has 10 heteroatoms. The van der Waals surface area contributed by atoms with Crippen LogP contribution in [0.4, 0.5) is 11.5 Å². The lowest BCUT2D eigenvalue weighted by Crippen LogP contribution is -2.54. The SMILES string of the molecule is [C-]#[N+]c1c(N2CC(OC(=O)[C@@H](CC(=O)OC(C)(C)C)C(C)C)C2)nc(SCc2ccc(CCC(C)=O)cc2)c(C#N)c1CC. The molecule has 9 nitrogen and oxygen atoms in total. The Morgan fingerprint density at radius 1 is 1.18 bits per heavy atom. The number of carbonyl (C=O) groups is 3. The van der Waals surface area contributed by atoms with Crippen LogP contribution in [0.1, 0.15) is 83.6 Å². The molecule has 0 unspecified atom stereocenters. The maximum Gasteiger partial charge on any atom is 0.310 e. The molecule has 1 aliphatic rings. The van der Waals surface area contributed by atoms with Crippen LogP contribution >= 0.6 is 11.8 Å². The number of hydrogen-bond donors (Lipinski definition) is 0. The minimum Gasteiger partial charge on any atom is -0.460 e. The van der Waals surface area contributed by atoms with Gasteiger partial charge in [0.1, 0.15) is 34.4 Å². The summed E-state index contributed by atoms with van der Waals surface area (Å²) in [5.74, 6) is -0.371. The number of aromatic nitrogens is 1. The van der Waals surface area contributed by atoms with Gasteiger partial charge < -0.3 is 19.2 Å². The third kappa shape index (κ3) is 9.30. The number of nitriles is 1. The van der Waals surface area contributed by atoms with E-state index < -0.39 is 29.6 Å². The van der Waals surface area contributed by atoms with Crippen LogP contribution in [-0.4, -0.2) is 47.5 Å². The predicted octanol–water partition coefficient (Wildman–Crippen LogP) is 6.62. The molecule has 44 heavy (non-hydrogen) atoms. The van der Waals surface area contributed by atoms with Gasteiger partial charge in [0.05, 0.1) is 37.6 Å². The second kappa shape index (κ2) is 15.2. The number of anilines is 1. The van der Waals surface area contributed by atoms with E-state index in [1.807, 2.05) is 49.9 Å². The highest BCUT2D eigenvalue weighted by Crippen LogP contribution is 2.40. The van der Waals surface area contributed by atoms with Crippen LogP contribution in [0.5, 0.6) is 0 Å². The van der Waals surface area contributed by atoms with Gasteiger partial charge in [-0.2, -0.15) is 5.26 Å². The number of benzene rings is 1. The molecule has 234 valence electrons. The molecule has 0 saturated carbocycles. The van der Waals surface area contributed by atoms with E-state index in [1.54, 1.807) is 27.7 Å². The Morgan fingerprint density at radius 2 is 1.82 bits per heavy atom. The van der Waals surface area contributed by atoms with E-state index in [0.717, 1.165) is 11.1 Å². The van der Waals surface area contributed by atoms with Crippen LogP contribution in [0.2, 0.25) is 0 Å². The van der Waals surface area contributed by atoms with Gasteiger partial charge in [0.15, 0.2) is 0 Å². The Morgan fingerprint density at radius 3 is 2.34 bits per heavy atom. The third-order valence-electron chi connectivity index (χ3n) is 7.31. The molecule has 0 bridgehead atoms. The predicted molar refractivity (Wildman–Crippen MR) is 170 cm³/mol. The molecule has 1 aromatic heterocycles. The summed E-state index contributed by atoms with van der Waals surface area (Å²) in [4.78, 5) is 47.2. The van der Waals surface area contributed by atoms with Gasteiger partial charge in [-0.05, 0) is 63.1 Å². The molecule has 0 amide bonds. The number of ketones is 1. The number of Topliss-reactive ketones (excluding diaryl/α,β-unsaturated/α-hetero) is 1. The molecule has 2 heterocycles. The van der Waals surface area contributed by atoms with E-state index in [2.05, 4.69) is 10.9 Å². The topological polar surface area (TPSA) is 114 Å². The highest BCUT2D eigenvalue weighted by Gasteiger charge is 2.37. The lowest BCUT2D eigenvalue weighted by molar-refractivity contribution is -0.166. The van der Waals surface area contributed by atoms with Gasteiger partial charge in [0.25, 0.3) is 0 Å². The van der Waals surface area contributed by atoms with Crippen molar-refractivity contribution in [1.29, 1.82) is 5.26 Å². The normalized spacial score (nSPS) is 13.9. The fourth-order valence-corrected chi connectivity index (χ4v) is 5.81. The minimum atomic E-state index is -0.637. The summed E-state index contributed by atoms with van der Waals surface area (Å²) in [6.07, 6.45) is 1.27. The van der Waals surface area contributed by atoms with Crippen molar-refractivity contribution in [1.82, 2.24) is 4.98 Å². The van der Waals surface area contributed by atoms with Gasteiger partial charge in [-0.15, -0.1) is 11.8 Å². The van der Waals surface area contributed by atoms with Crippen LogP contribution in [0.3, 0.4) is 0 Å². The van der Waals surface area contributed by atoms with E-state index in [0.29, 0.717) is 65.8 Å². The van der Waals surface area contributed by atoms with Gasteiger partial charge in [-0.3, -0.25) is 9.59 Å². The quantitative estimate of drug-likeness (QED) is 0.139. The number of hydrogen-bond acceptors (Lipinski definition) is 9. The molecule has 0 N–H and O–H groups in total. The van der Waals surface area contributed by atoms with Crippen LogP contribution in [0.15, 0.2) is 29.3 Å². The van der Waals surface area contributed by atoms with E-state index >= 15 is 0 Å². The average molecular weight is 619 g/mol. The summed E-state index contributed by atoms with van der Waals surface area (Å²) in [5.41, 5.74) is 2.94. The van der Waals surface area contributed by atoms with E-state index in [4.69, 9.17) is 21.0 Å². The van der Waals surface area contributed by atoms with Crippen LogP contribution in [0, 0.1) is 29.7 Å². The van der Waals surface area contributed by atoms with Gasteiger partial charge in [0.2, 0.25) is 5.69 Å². The second-order valence-electron chi connectivity index (χ2n) is 12.4. The maximum atomic E-state index is 13.0. The first-order chi connectivity index (χ1) is 20.8. The number of aryl methyl sites for hydroxylation is 1. The van der Waals surface area contributed by atoms with E-state index in [-0.39, 0.29) is 18.1 Å². The highest BCUT2D eigenvalue weighted by molar-refractivity contribution is 7.98. The molecular weight excluding hydrogens is 576 g/mol. The van der Waals surface area contributed by atoms with Crippen molar-refractivity contribution in [3.63, 3.8) is 0 Å². The van der Waals surface area contributed by atoms with Crippen molar-refractivity contribution < 1.29 is 23.9 Å². The number of ether oxygens (including phenoxy) is 2. The maximum absolute atomic E-state index is 13.0. The summed E-state index contributed by atoms with van der Waals surface area (Å²) >= 11 is 1.45. The Bertz CT molecular complexity index is 1440. The highest BCUT2D eigenvalue weighted by atomic mass is 32.2. The van der Waals surface area contributed by atoms with E-state index in [1.165, 1.54) is 11.8 Å². The van der Waals surface area contributed by atoms with Crippen LogP contribution in [-0.2, 0) is 42.5 Å². The van der Waals surface area contributed by atoms with Gasteiger partial charge >= 0.3 is 11.9 Å². The number of esters is 2. The summed E-state index contributed by atoms with van der Waals surface area (Å²) < 4.78 is 11.2. The fourth-order valence-electron chi connectivity index (χ4n) is 4.85. The number of carbonyl (C=O) groups excluding carboxylic acids is 3. The molecule has 1 atom stereocenters. The van der Waals surface area contributed by atoms with Crippen molar-refractivity contribution >= 4 is 41.0 Å². The fraction of sp³-hybridized carbons (Fsp3) is 0.529. The molecule has 3 rings (SSSR count). The second-order valence-corrected chi connectivity index (χ2v) is 13.4. The number of nitrogens with zero attached hydrogens (tertiary/aromatic N) is 4. The first kappa shape index (κ1) is 34.6. The van der Waals surface area contributed by atoms with Gasteiger partial charge in [0, 0.05) is 12.2 Å². The van der Waals surface area contributed by atoms with Crippen molar-refractivity contribution in [3.8, 4) is 6.07 Å². The van der Waals surface area contributed by atoms with Crippen molar-refractivity contribution in [2.45, 2.75) is 96.6 Å². The molecule has 0 aliphatic carbocycles. The summed E-state index contributed by atoms with van der Waals surface area (Å²) in [6.45, 7) is 21.2. The Kier molecular flexibility index (Phi) is 12.0. The molecular formula is C34H42N4O5S. The summed E-state index contributed by atoms with van der Waals surface area (Å²) in [5, 5.41) is 10.6. The zero-order valence-electron chi connectivity index (χ0n) is 26.7. The van der Waals surface area contributed by atoms with Crippen molar-refractivity contribution in [2.75, 3.05) is 18.0 Å². The molecule has 1 aliphatic heterocycles. The van der Waals surface area contributed by atoms with Crippen molar-refractivity contribution in [2.24, 2.45) is 11.8 Å². The van der Waals surface area contributed by atoms with Crippen LogP contribution < -0.4 is 4.90 Å². The molecule has 1 fully saturated rings. The molecule has 2 aromatic rings. The molecule has 0 spiro atoms. The lowest BCUT2D eigenvalue weighted by atomic mass is 9.92. The molecule has 1 aromatic carbocycles. The summed E-state index contributed by atoms with van der Waals surface area (Å²) in [7, 11) is 0. The Labute approximate surface area is 265 Å². The van der Waals surface area contributed by atoms with Crippen LogP contribution in [0.25, 0.3) is 4.85 Å². The number of thioether (sulfide) groups is 1. The number of pyridine rings is 1. The zero-order chi connectivity index (χ0) is 32.6. The number of rotatable bonds is 13. The Balaban J connectivity index is 1.72. The average Bonchev–Trinajstić information content (AvgIpc) is 2.93. The molecule has 1 saturated heterocycles. The monoisotopic (exact) mass is 618 g/mol. The van der Waals surface area contributed by atoms with Crippen molar-refractivity contribution in [3.05, 3.63) is 57.9 Å². The largest absolute Gasteiger partial charge is 0.460 e. The summed E-state index contributed by atoms with van der Waals surface area (Å²) in [6, 6.07) is 10.3. The third-order valence-corrected chi connectivity index (χ3v) is 8.35.